The fourth-order valence-corrected chi connectivity index (χ4v) is 2.34. The highest BCUT2D eigenvalue weighted by molar-refractivity contribution is 9.10. The molecule has 2 aromatic rings. The van der Waals surface area contributed by atoms with E-state index >= 15 is 0 Å². The van der Waals surface area contributed by atoms with Crippen LogP contribution in [0.1, 0.15) is 25.2 Å². The molecule has 1 N–H and O–H groups in total. The van der Waals surface area contributed by atoms with Crippen LogP contribution in [0.25, 0.3) is 0 Å². The van der Waals surface area contributed by atoms with Gasteiger partial charge in [-0.1, -0.05) is 48.0 Å². The third kappa shape index (κ3) is 4.18. The van der Waals surface area contributed by atoms with Crippen molar-refractivity contribution in [1.82, 2.24) is 14.9 Å². The molecule has 102 valence electrons. The van der Waals surface area contributed by atoms with Gasteiger partial charge in [0, 0.05) is 23.4 Å². The second kappa shape index (κ2) is 6.87. The van der Waals surface area contributed by atoms with E-state index in [1.54, 1.807) is 0 Å². The topological polar surface area (TPSA) is 29.9 Å². The molecule has 0 radical (unpaired) electrons. The maximum atomic E-state index is 4.42. The molecule has 0 saturated heterocycles. The molecule has 0 spiro atoms. The second-order valence-corrected chi connectivity index (χ2v) is 5.94. The Kier molecular flexibility index (Phi) is 5.16. The first-order chi connectivity index (χ1) is 9.16. The zero-order chi connectivity index (χ0) is 13.7. The number of benzene rings is 1. The highest BCUT2D eigenvalue weighted by Gasteiger charge is 2.05. The normalized spacial score (nSPS) is 11.2. The average Bonchev–Trinajstić information content (AvgIpc) is 2.79. The zero-order valence-electron chi connectivity index (χ0n) is 11.4. The van der Waals surface area contributed by atoms with Crippen LogP contribution >= 0.6 is 15.9 Å². The summed E-state index contributed by atoms with van der Waals surface area (Å²) in [5, 5.41) is 3.43. The minimum Gasteiger partial charge on any atom is -0.329 e. The molecule has 0 aliphatic carbocycles. The molecule has 0 bridgehead atoms. The molecular formula is C15H20BrN3. The highest BCUT2D eigenvalue weighted by Crippen LogP contribution is 2.17. The summed E-state index contributed by atoms with van der Waals surface area (Å²) in [4.78, 5) is 4.42. The number of hydrogen-bond acceptors (Lipinski definition) is 2. The van der Waals surface area contributed by atoms with E-state index in [4.69, 9.17) is 0 Å². The Morgan fingerprint density at radius 3 is 2.84 bits per heavy atom. The monoisotopic (exact) mass is 321 g/mol. The Balaban J connectivity index is 2.01. The Labute approximate surface area is 123 Å². The molecule has 0 atom stereocenters. The summed E-state index contributed by atoms with van der Waals surface area (Å²) in [7, 11) is 0. The summed E-state index contributed by atoms with van der Waals surface area (Å²) < 4.78 is 3.33. The van der Waals surface area contributed by atoms with Gasteiger partial charge in [0.15, 0.2) is 0 Å². The summed E-state index contributed by atoms with van der Waals surface area (Å²) in [5.74, 6) is 1.74. The summed E-state index contributed by atoms with van der Waals surface area (Å²) in [5.41, 5.74) is 1.27. The van der Waals surface area contributed by atoms with E-state index < -0.39 is 0 Å². The number of nitrogens with zero attached hydrogens (tertiary/aromatic N) is 2. The lowest BCUT2D eigenvalue weighted by atomic mass is 10.2. The molecule has 1 heterocycles. The van der Waals surface area contributed by atoms with Crippen LogP contribution in [-0.2, 0) is 13.1 Å². The van der Waals surface area contributed by atoms with Crippen LogP contribution in [0.2, 0.25) is 0 Å². The van der Waals surface area contributed by atoms with E-state index in [0.29, 0.717) is 5.92 Å². The molecule has 0 amide bonds. The fourth-order valence-electron chi connectivity index (χ4n) is 1.93. The standard InChI is InChI=1S/C15H20BrN3/c1-12(2)9-17-10-15-18-7-8-19(15)11-13-5-3-4-6-14(13)16/h3-8,12,17H,9-11H2,1-2H3. The van der Waals surface area contributed by atoms with Gasteiger partial charge < -0.3 is 9.88 Å². The first-order valence-electron chi connectivity index (χ1n) is 6.61. The van der Waals surface area contributed by atoms with Gasteiger partial charge in [0.1, 0.15) is 5.82 Å². The molecule has 1 aromatic carbocycles. The second-order valence-electron chi connectivity index (χ2n) is 5.09. The number of halogens is 1. The summed E-state index contributed by atoms with van der Waals surface area (Å²) in [6.07, 6.45) is 3.90. The minimum absolute atomic E-state index is 0.659. The van der Waals surface area contributed by atoms with Crippen molar-refractivity contribution in [2.24, 2.45) is 5.92 Å². The zero-order valence-corrected chi connectivity index (χ0v) is 13.0. The number of hydrogen-bond donors (Lipinski definition) is 1. The van der Waals surface area contributed by atoms with E-state index in [1.807, 2.05) is 18.5 Å². The molecular weight excluding hydrogens is 302 g/mol. The molecule has 1 aromatic heterocycles. The van der Waals surface area contributed by atoms with Crippen molar-refractivity contribution in [1.29, 1.82) is 0 Å². The van der Waals surface area contributed by atoms with E-state index in [0.717, 1.165) is 29.9 Å². The Hall–Kier alpha value is -1.13. The Morgan fingerprint density at radius 1 is 1.32 bits per heavy atom. The van der Waals surface area contributed by atoms with E-state index in [1.165, 1.54) is 5.56 Å². The smallest absolute Gasteiger partial charge is 0.122 e. The third-order valence-electron chi connectivity index (χ3n) is 2.94. The van der Waals surface area contributed by atoms with Crippen LogP contribution in [0.3, 0.4) is 0 Å². The van der Waals surface area contributed by atoms with Gasteiger partial charge in [0.05, 0.1) is 6.54 Å². The van der Waals surface area contributed by atoms with E-state index in [2.05, 4.69) is 62.8 Å². The first kappa shape index (κ1) is 14.3. The third-order valence-corrected chi connectivity index (χ3v) is 3.71. The van der Waals surface area contributed by atoms with Gasteiger partial charge in [0.25, 0.3) is 0 Å². The van der Waals surface area contributed by atoms with Gasteiger partial charge >= 0.3 is 0 Å². The summed E-state index contributed by atoms with van der Waals surface area (Å²) in [6, 6.07) is 8.30. The number of rotatable bonds is 6. The summed E-state index contributed by atoms with van der Waals surface area (Å²) in [6.45, 7) is 7.10. The molecule has 2 rings (SSSR count). The van der Waals surface area contributed by atoms with Gasteiger partial charge in [-0.2, -0.15) is 0 Å². The van der Waals surface area contributed by atoms with Crippen molar-refractivity contribution in [3.63, 3.8) is 0 Å². The minimum atomic E-state index is 0.659. The van der Waals surface area contributed by atoms with Crippen LogP contribution in [0.4, 0.5) is 0 Å². The van der Waals surface area contributed by atoms with Crippen molar-refractivity contribution in [3.8, 4) is 0 Å². The average molecular weight is 322 g/mol. The van der Waals surface area contributed by atoms with Gasteiger partial charge in [-0.3, -0.25) is 0 Å². The van der Waals surface area contributed by atoms with Crippen LogP contribution in [0.15, 0.2) is 41.1 Å². The highest BCUT2D eigenvalue weighted by atomic mass is 79.9. The molecule has 0 aliphatic heterocycles. The quantitative estimate of drug-likeness (QED) is 0.883. The lowest BCUT2D eigenvalue weighted by Gasteiger charge is -2.11. The van der Waals surface area contributed by atoms with Gasteiger partial charge in [-0.25, -0.2) is 4.98 Å². The molecule has 0 unspecified atom stereocenters. The molecule has 0 fully saturated rings. The Bertz CT molecular complexity index is 520. The van der Waals surface area contributed by atoms with Crippen LogP contribution < -0.4 is 5.32 Å². The van der Waals surface area contributed by atoms with Crippen molar-refractivity contribution < 1.29 is 0 Å². The molecule has 0 saturated carbocycles. The lowest BCUT2D eigenvalue weighted by Crippen LogP contribution is -2.21. The van der Waals surface area contributed by atoms with E-state index in [9.17, 15) is 0 Å². The van der Waals surface area contributed by atoms with Crippen LogP contribution in [0, 0.1) is 5.92 Å². The maximum Gasteiger partial charge on any atom is 0.122 e. The van der Waals surface area contributed by atoms with Gasteiger partial charge in [0.2, 0.25) is 0 Å². The van der Waals surface area contributed by atoms with Gasteiger partial charge in [-0.05, 0) is 24.1 Å². The van der Waals surface area contributed by atoms with Crippen LogP contribution in [-0.4, -0.2) is 16.1 Å². The number of imidazole rings is 1. The van der Waals surface area contributed by atoms with Crippen molar-refractivity contribution in [2.75, 3.05) is 6.54 Å². The molecule has 3 nitrogen and oxygen atoms in total. The van der Waals surface area contributed by atoms with Crippen molar-refractivity contribution in [3.05, 3.63) is 52.5 Å². The van der Waals surface area contributed by atoms with Crippen molar-refractivity contribution >= 4 is 15.9 Å². The maximum absolute atomic E-state index is 4.42. The Morgan fingerprint density at radius 2 is 2.11 bits per heavy atom. The predicted molar refractivity (Wildman–Crippen MR) is 82.0 cm³/mol. The summed E-state index contributed by atoms with van der Waals surface area (Å²) >= 11 is 3.59. The fraction of sp³-hybridized carbons (Fsp3) is 0.400. The van der Waals surface area contributed by atoms with Crippen molar-refractivity contribution in [2.45, 2.75) is 26.9 Å². The molecule has 19 heavy (non-hydrogen) atoms. The molecule has 0 aliphatic rings. The first-order valence-corrected chi connectivity index (χ1v) is 7.40. The van der Waals surface area contributed by atoms with Gasteiger partial charge in [-0.15, -0.1) is 0 Å². The number of nitrogens with one attached hydrogen (secondary N) is 1. The lowest BCUT2D eigenvalue weighted by molar-refractivity contribution is 0.533. The predicted octanol–water partition coefficient (Wildman–Crippen LogP) is 3.44. The largest absolute Gasteiger partial charge is 0.329 e. The van der Waals surface area contributed by atoms with Crippen LogP contribution in [0.5, 0.6) is 0 Å². The van der Waals surface area contributed by atoms with E-state index in [-0.39, 0.29) is 0 Å². The molecule has 4 heteroatoms. The SMILES string of the molecule is CC(C)CNCc1nccn1Cc1ccccc1Br. The number of aromatic nitrogens is 2.